The van der Waals surface area contributed by atoms with E-state index < -0.39 is 40.4 Å². The molecule has 1 saturated heterocycles. The molecule has 0 spiro atoms. The lowest BCUT2D eigenvalue weighted by Gasteiger charge is -2.55. The van der Waals surface area contributed by atoms with Crippen molar-refractivity contribution in [3.05, 3.63) is 47.2 Å². The molecule has 2 amide bonds. The molecular weight excluding hydrogens is 412 g/mol. The number of carbonyl (C=O) groups excluding carboxylic acids is 4. The molecule has 9 nitrogen and oxygen atoms in total. The van der Waals surface area contributed by atoms with Gasteiger partial charge in [-0.15, -0.1) is 11.8 Å². The Labute approximate surface area is 176 Å². The van der Waals surface area contributed by atoms with Crippen LogP contribution in [0.4, 0.5) is 0 Å². The third kappa shape index (κ3) is 3.70. The maximum atomic E-state index is 13.0. The van der Waals surface area contributed by atoms with Crippen molar-refractivity contribution in [1.29, 1.82) is 0 Å². The van der Waals surface area contributed by atoms with Crippen LogP contribution in [0.25, 0.3) is 0 Å². The summed E-state index contributed by atoms with van der Waals surface area (Å²) in [6.45, 7) is 2.11. The summed E-state index contributed by atoms with van der Waals surface area (Å²) in [7, 11) is 0. The van der Waals surface area contributed by atoms with Gasteiger partial charge in [-0.3, -0.25) is 24.1 Å². The predicted octanol–water partition coefficient (Wildman–Crippen LogP) is 0.490. The van der Waals surface area contributed by atoms with Gasteiger partial charge in [0.15, 0.2) is 5.78 Å². The molecule has 0 aromatic heterocycles. The monoisotopic (exact) mass is 432 g/mol. The molecule has 0 radical (unpaired) electrons. The standard InChI is InChI=1S/C20H20N2O7S/c1-11(23)20(21-15(25)8-13-6-4-3-5-7-13)18(28)22-16(17(26)27)14(9-29-12(2)24)10-30-19(20)22/h3-7,19H,8-10H2,1-2H3,(H,21,25)(H,26,27)/t19-,20-/m1/s1. The first-order valence-corrected chi connectivity index (χ1v) is 10.1. The number of nitrogens with one attached hydrogen (secondary N) is 1. The molecule has 2 heterocycles. The molecule has 1 aromatic carbocycles. The van der Waals surface area contributed by atoms with Gasteiger partial charge in [-0.2, -0.15) is 0 Å². The fourth-order valence-electron chi connectivity index (χ4n) is 3.49. The van der Waals surface area contributed by atoms with Crippen LogP contribution in [-0.2, 0) is 35.1 Å². The van der Waals surface area contributed by atoms with Gasteiger partial charge in [0.25, 0.3) is 5.91 Å². The minimum atomic E-state index is -1.83. The Hall–Kier alpha value is -3.14. The number of carbonyl (C=O) groups is 5. The van der Waals surface area contributed by atoms with Crippen LogP contribution in [0.5, 0.6) is 0 Å². The minimum absolute atomic E-state index is 0.0279. The highest BCUT2D eigenvalue weighted by Crippen LogP contribution is 2.46. The van der Waals surface area contributed by atoms with E-state index in [1.807, 2.05) is 0 Å². The van der Waals surface area contributed by atoms with Crippen molar-refractivity contribution < 1.29 is 33.8 Å². The van der Waals surface area contributed by atoms with Gasteiger partial charge in [0.1, 0.15) is 17.7 Å². The number of hydrogen-bond acceptors (Lipinski definition) is 7. The number of fused-ring (bicyclic) bond motifs is 1. The Morgan fingerprint density at radius 1 is 1.23 bits per heavy atom. The number of carboxylic acids is 1. The number of Topliss-reactive ketones (excluding diaryl/α,β-unsaturated/α-hetero) is 1. The topological polar surface area (TPSA) is 130 Å². The van der Waals surface area contributed by atoms with Crippen LogP contribution in [0.2, 0.25) is 0 Å². The molecule has 2 N–H and O–H groups in total. The Balaban J connectivity index is 1.86. The van der Waals surface area contributed by atoms with E-state index in [0.717, 1.165) is 16.7 Å². The largest absolute Gasteiger partial charge is 0.477 e. The number of ketones is 1. The van der Waals surface area contributed by atoms with Crippen LogP contribution in [0.15, 0.2) is 41.6 Å². The van der Waals surface area contributed by atoms with Gasteiger partial charge in [0, 0.05) is 18.2 Å². The summed E-state index contributed by atoms with van der Waals surface area (Å²) < 4.78 is 4.89. The molecule has 2 atom stereocenters. The molecule has 0 unspecified atom stereocenters. The molecule has 30 heavy (non-hydrogen) atoms. The number of esters is 1. The number of aliphatic carboxylic acids is 1. The van der Waals surface area contributed by atoms with Gasteiger partial charge < -0.3 is 15.2 Å². The van der Waals surface area contributed by atoms with E-state index in [1.165, 1.54) is 13.8 Å². The molecule has 0 aliphatic carbocycles. The van der Waals surface area contributed by atoms with Crippen LogP contribution >= 0.6 is 11.8 Å². The first kappa shape index (κ1) is 21.6. The smallest absolute Gasteiger partial charge is 0.352 e. The number of rotatable bonds is 7. The molecule has 158 valence electrons. The van der Waals surface area contributed by atoms with Gasteiger partial charge in [0.05, 0.1) is 6.42 Å². The fourth-order valence-corrected chi connectivity index (χ4v) is 5.00. The van der Waals surface area contributed by atoms with E-state index in [1.54, 1.807) is 30.3 Å². The van der Waals surface area contributed by atoms with Crippen molar-refractivity contribution in [2.75, 3.05) is 12.4 Å². The van der Waals surface area contributed by atoms with Crippen molar-refractivity contribution in [1.82, 2.24) is 10.2 Å². The zero-order valence-corrected chi connectivity index (χ0v) is 17.2. The highest BCUT2D eigenvalue weighted by Gasteiger charge is 2.68. The highest BCUT2D eigenvalue weighted by molar-refractivity contribution is 8.00. The lowest BCUT2D eigenvalue weighted by Crippen LogP contribution is -2.82. The van der Waals surface area contributed by atoms with E-state index in [2.05, 4.69) is 5.32 Å². The zero-order valence-electron chi connectivity index (χ0n) is 16.3. The van der Waals surface area contributed by atoms with E-state index in [-0.39, 0.29) is 30.1 Å². The molecule has 1 aromatic rings. The second-order valence-corrected chi connectivity index (χ2v) is 8.02. The Bertz CT molecular complexity index is 959. The molecule has 0 bridgehead atoms. The molecular formula is C20H20N2O7S. The van der Waals surface area contributed by atoms with Crippen molar-refractivity contribution in [2.24, 2.45) is 0 Å². The number of ether oxygens (including phenoxy) is 1. The van der Waals surface area contributed by atoms with Gasteiger partial charge in [-0.1, -0.05) is 30.3 Å². The van der Waals surface area contributed by atoms with Gasteiger partial charge in [-0.05, 0) is 12.5 Å². The summed E-state index contributed by atoms with van der Waals surface area (Å²) in [5, 5.41) is 11.3. The van der Waals surface area contributed by atoms with Gasteiger partial charge >= 0.3 is 11.9 Å². The molecule has 3 rings (SSSR count). The first-order valence-electron chi connectivity index (χ1n) is 9.08. The number of amides is 2. The first-order chi connectivity index (χ1) is 14.2. The van der Waals surface area contributed by atoms with E-state index in [4.69, 9.17) is 4.74 Å². The molecule has 10 heteroatoms. The van der Waals surface area contributed by atoms with Crippen LogP contribution in [0, 0.1) is 0 Å². The van der Waals surface area contributed by atoms with E-state index in [0.29, 0.717) is 5.56 Å². The minimum Gasteiger partial charge on any atom is -0.477 e. The van der Waals surface area contributed by atoms with Gasteiger partial charge in [-0.25, -0.2) is 4.79 Å². The Morgan fingerprint density at radius 3 is 2.47 bits per heavy atom. The van der Waals surface area contributed by atoms with Crippen LogP contribution in [0.3, 0.4) is 0 Å². The summed E-state index contributed by atoms with van der Waals surface area (Å²) in [6.07, 6.45) is -0.0279. The summed E-state index contributed by atoms with van der Waals surface area (Å²) in [6, 6.07) is 8.83. The fraction of sp³-hybridized carbons (Fsp3) is 0.350. The Kier molecular flexibility index (Phi) is 5.97. The average molecular weight is 432 g/mol. The third-order valence-corrected chi connectivity index (χ3v) is 6.30. The number of nitrogens with zero attached hydrogens (tertiary/aromatic N) is 1. The predicted molar refractivity (Wildman–Crippen MR) is 106 cm³/mol. The van der Waals surface area contributed by atoms with E-state index in [9.17, 15) is 29.1 Å². The van der Waals surface area contributed by atoms with E-state index >= 15 is 0 Å². The normalized spacial score (nSPS) is 22.7. The number of hydrogen-bond donors (Lipinski definition) is 2. The highest BCUT2D eigenvalue weighted by atomic mass is 32.2. The molecule has 2 aliphatic rings. The van der Waals surface area contributed by atoms with Crippen molar-refractivity contribution in [3.8, 4) is 0 Å². The maximum absolute atomic E-state index is 13.0. The SMILES string of the molecule is CC(=O)OCC1=C(C(=O)O)N2C(=O)[C@](NC(=O)Cc3ccccc3)(C(C)=O)[C@H]2SC1. The van der Waals surface area contributed by atoms with Crippen molar-refractivity contribution >= 4 is 41.3 Å². The number of carboxylic acid groups (broad SMARTS) is 1. The summed E-state index contributed by atoms with van der Waals surface area (Å²) >= 11 is 1.14. The summed E-state index contributed by atoms with van der Waals surface area (Å²) in [5.41, 5.74) is -1.19. The van der Waals surface area contributed by atoms with Crippen LogP contribution in [0.1, 0.15) is 19.4 Å². The number of β-lactam (4-membered cyclic amide) rings is 1. The van der Waals surface area contributed by atoms with Crippen LogP contribution in [-0.4, -0.2) is 62.8 Å². The van der Waals surface area contributed by atoms with Crippen molar-refractivity contribution in [2.45, 2.75) is 31.2 Å². The summed E-state index contributed by atoms with van der Waals surface area (Å²) in [4.78, 5) is 61.9. The number of thioether (sulfide) groups is 1. The lowest BCUT2D eigenvalue weighted by atomic mass is 9.82. The molecule has 0 saturated carbocycles. The summed E-state index contributed by atoms with van der Waals surface area (Å²) in [5.74, 6) is -3.73. The molecule has 1 fully saturated rings. The average Bonchev–Trinajstić information content (AvgIpc) is 2.69. The maximum Gasteiger partial charge on any atom is 0.352 e. The van der Waals surface area contributed by atoms with Gasteiger partial charge in [0.2, 0.25) is 11.4 Å². The second-order valence-electron chi connectivity index (χ2n) is 6.95. The number of benzene rings is 1. The Morgan fingerprint density at radius 2 is 1.90 bits per heavy atom. The zero-order chi connectivity index (χ0) is 22.1. The van der Waals surface area contributed by atoms with Crippen molar-refractivity contribution in [3.63, 3.8) is 0 Å². The van der Waals surface area contributed by atoms with Crippen LogP contribution < -0.4 is 5.32 Å². The molecule has 2 aliphatic heterocycles. The second kappa shape index (κ2) is 8.31. The third-order valence-electron chi connectivity index (χ3n) is 4.90. The lowest BCUT2D eigenvalue weighted by molar-refractivity contribution is -0.163. The quantitative estimate of drug-likeness (QED) is 0.362.